The summed E-state index contributed by atoms with van der Waals surface area (Å²) in [6, 6.07) is 10.3. The number of nitrogens with zero attached hydrogens (tertiary/aromatic N) is 3. The van der Waals surface area contributed by atoms with Crippen molar-refractivity contribution in [3.63, 3.8) is 0 Å². The van der Waals surface area contributed by atoms with Crippen LogP contribution in [-0.2, 0) is 6.54 Å². The Hall–Kier alpha value is -2.69. The molecule has 0 saturated carbocycles. The maximum Gasteiger partial charge on any atom is 0.274 e. The third-order valence-electron chi connectivity index (χ3n) is 3.55. The maximum atomic E-state index is 13.7. The smallest absolute Gasteiger partial charge is 0.274 e. The minimum atomic E-state index is -0.312. The molecule has 1 amide bonds. The van der Waals surface area contributed by atoms with Gasteiger partial charge in [-0.3, -0.25) is 4.79 Å². The van der Waals surface area contributed by atoms with Crippen molar-refractivity contribution in [1.82, 2.24) is 14.3 Å². The molecule has 0 aliphatic heterocycles. The third kappa shape index (κ3) is 2.70. The Labute approximate surface area is 127 Å². The van der Waals surface area contributed by atoms with Crippen molar-refractivity contribution < 1.29 is 9.18 Å². The fourth-order valence-electron chi connectivity index (χ4n) is 2.34. The SMILES string of the molecule is Cc1ccn2cc(C(=O)N(C)Cc3ccccc3F)nc2c1. The van der Waals surface area contributed by atoms with E-state index in [2.05, 4.69) is 4.98 Å². The van der Waals surface area contributed by atoms with E-state index < -0.39 is 0 Å². The van der Waals surface area contributed by atoms with Gasteiger partial charge in [0.05, 0.1) is 0 Å². The van der Waals surface area contributed by atoms with E-state index in [1.54, 1.807) is 35.8 Å². The van der Waals surface area contributed by atoms with Gasteiger partial charge in [-0.2, -0.15) is 0 Å². The van der Waals surface area contributed by atoms with Crippen molar-refractivity contribution in [2.24, 2.45) is 0 Å². The van der Waals surface area contributed by atoms with Gasteiger partial charge in [0.2, 0.25) is 0 Å². The molecular formula is C17H16FN3O. The van der Waals surface area contributed by atoms with E-state index in [-0.39, 0.29) is 18.3 Å². The lowest BCUT2D eigenvalue weighted by Gasteiger charge is -2.16. The highest BCUT2D eigenvalue weighted by Gasteiger charge is 2.17. The molecule has 0 bridgehead atoms. The van der Waals surface area contributed by atoms with Crippen molar-refractivity contribution in [3.05, 3.63) is 71.4 Å². The average molecular weight is 297 g/mol. The first-order chi connectivity index (χ1) is 10.5. The zero-order chi connectivity index (χ0) is 15.7. The number of amides is 1. The average Bonchev–Trinajstić information content (AvgIpc) is 2.91. The van der Waals surface area contributed by atoms with Crippen LogP contribution in [0.4, 0.5) is 4.39 Å². The molecule has 0 unspecified atom stereocenters. The van der Waals surface area contributed by atoms with Gasteiger partial charge in [-0.15, -0.1) is 0 Å². The highest BCUT2D eigenvalue weighted by molar-refractivity contribution is 5.92. The topological polar surface area (TPSA) is 37.6 Å². The molecule has 3 aromatic rings. The molecular weight excluding hydrogens is 281 g/mol. The molecule has 2 aromatic heterocycles. The molecule has 0 N–H and O–H groups in total. The second-order valence-electron chi connectivity index (χ2n) is 5.35. The third-order valence-corrected chi connectivity index (χ3v) is 3.55. The molecule has 0 radical (unpaired) electrons. The highest BCUT2D eigenvalue weighted by atomic mass is 19.1. The summed E-state index contributed by atoms with van der Waals surface area (Å²) in [4.78, 5) is 18.2. The Bertz CT molecular complexity index is 841. The Balaban J connectivity index is 1.84. The summed E-state index contributed by atoms with van der Waals surface area (Å²) in [5.41, 5.74) is 2.64. The lowest BCUT2D eigenvalue weighted by atomic mass is 10.2. The molecule has 0 aliphatic rings. The predicted octanol–water partition coefficient (Wildman–Crippen LogP) is 3.05. The summed E-state index contributed by atoms with van der Waals surface area (Å²) in [7, 11) is 1.64. The van der Waals surface area contributed by atoms with E-state index in [0.717, 1.165) is 11.2 Å². The fourth-order valence-corrected chi connectivity index (χ4v) is 2.34. The first-order valence-corrected chi connectivity index (χ1v) is 6.99. The minimum absolute atomic E-state index is 0.207. The quantitative estimate of drug-likeness (QED) is 0.745. The maximum absolute atomic E-state index is 13.7. The number of hydrogen-bond acceptors (Lipinski definition) is 2. The van der Waals surface area contributed by atoms with Gasteiger partial charge in [0, 0.05) is 31.5 Å². The summed E-state index contributed by atoms with van der Waals surface area (Å²) < 4.78 is 15.5. The van der Waals surface area contributed by atoms with E-state index in [0.29, 0.717) is 11.3 Å². The summed E-state index contributed by atoms with van der Waals surface area (Å²) >= 11 is 0. The first-order valence-electron chi connectivity index (χ1n) is 6.99. The summed E-state index contributed by atoms with van der Waals surface area (Å²) in [6.45, 7) is 2.18. The number of imidazole rings is 1. The van der Waals surface area contributed by atoms with Crippen molar-refractivity contribution in [2.75, 3.05) is 7.05 Å². The number of pyridine rings is 1. The van der Waals surface area contributed by atoms with E-state index in [1.807, 2.05) is 25.3 Å². The van der Waals surface area contributed by atoms with Gasteiger partial charge in [0.25, 0.3) is 5.91 Å². The van der Waals surface area contributed by atoms with Crippen LogP contribution < -0.4 is 0 Å². The van der Waals surface area contributed by atoms with Gasteiger partial charge in [0.1, 0.15) is 17.2 Å². The van der Waals surface area contributed by atoms with E-state index in [4.69, 9.17) is 0 Å². The number of fused-ring (bicyclic) bond motifs is 1. The van der Waals surface area contributed by atoms with Crippen LogP contribution in [0.1, 0.15) is 21.6 Å². The minimum Gasteiger partial charge on any atom is -0.336 e. The van der Waals surface area contributed by atoms with Crippen LogP contribution in [0.25, 0.3) is 5.65 Å². The molecule has 5 heteroatoms. The molecule has 1 aromatic carbocycles. The molecule has 2 heterocycles. The van der Waals surface area contributed by atoms with Gasteiger partial charge in [-0.1, -0.05) is 18.2 Å². The van der Waals surface area contributed by atoms with Crippen molar-refractivity contribution in [3.8, 4) is 0 Å². The monoisotopic (exact) mass is 297 g/mol. The number of benzene rings is 1. The van der Waals surface area contributed by atoms with Crippen molar-refractivity contribution in [1.29, 1.82) is 0 Å². The molecule has 112 valence electrons. The number of aromatic nitrogens is 2. The van der Waals surface area contributed by atoms with Crippen LogP contribution >= 0.6 is 0 Å². The Morgan fingerprint density at radius 1 is 1.32 bits per heavy atom. The largest absolute Gasteiger partial charge is 0.336 e. The van der Waals surface area contributed by atoms with Crippen molar-refractivity contribution >= 4 is 11.6 Å². The summed E-state index contributed by atoms with van der Waals surface area (Å²) in [6.07, 6.45) is 3.56. The van der Waals surface area contributed by atoms with Gasteiger partial charge in [-0.05, 0) is 30.7 Å². The van der Waals surface area contributed by atoms with Gasteiger partial charge < -0.3 is 9.30 Å². The zero-order valence-corrected chi connectivity index (χ0v) is 12.5. The lowest BCUT2D eigenvalue weighted by molar-refractivity contribution is 0.0778. The van der Waals surface area contributed by atoms with Crippen LogP contribution in [0, 0.1) is 12.7 Å². The van der Waals surface area contributed by atoms with Crippen LogP contribution in [0.3, 0.4) is 0 Å². The van der Waals surface area contributed by atoms with Crippen molar-refractivity contribution in [2.45, 2.75) is 13.5 Å². The number of aryl methyl sites for hydroxylation is 1. The molecule has 0 atom stereocenters. The highest BCUT2D eigenvalue weighted by Crippen LogP contribution is 2.13. The normalized spacial score (nSPS) is 10.9. The first kappa shape index (κ1) is 14.3. The number of halogens is 1. The summed E-state index contributed by atoms with van der Waals surface area (Å²) in [5.74, 6) is -0.544. The molecule has 3 rings (SSSR count). The Morgan fingerprint density at radius 3 is 2.86 bits per heavy atom. The molecule has 4 nitrogen and oxygen atoms in total. The number of carbonyl (C=O) groups excluding carboxylic acids is 1. The molecule has 22 heavy (non-hydrogen) atoms. The number of carbonyl (C=O) groups is 1. The zero-order valence-electron chi connectivity index (χ0n) is 12.5. The fraction of sp³-hybridized carbons (Fsp3) is 0.176. The number of rotatable bonds is 3. The van der Waals surface area contributed by atoms with E-state index in [9.17, 15) is 9.18 Å². The van der Waals surface area contributed by atoms with Crippen LogP contribution in [0.5, 0.6) is 0 Å². The van der Waals surface area contributed by atoms with E-state index in [1.165, 1.54) is 11.0 Å². The van der Waals surface area contributed by atoms with Crippen LogP contribution in [0.15, 0.2) is 48.8 Å². The molecule has 0 saturated heterocycles. The van der Waals surface area contributed by atoms with Crippen LogP contribution in [0.2, 0.25) is 0 Å². The van der Waals surface area contributed by atoms with Crippen LogP contribution in [-0.4, -0.2) is 27.2 Å². The predicted molar refractivity (Wildman–Crippen MR) is 82.1 cm³/mol. The molecule has 0 aliphatic carbocycles. The summed E-state index contributed by atoms with van der Waals surface area (Å²) in [5, 5.41) is 0. The lowest BCUT2D eigenvalue weighted by Crippen LogP contribution is -2.26. The van der Waals surface area contributed by atoms with Gasteiger partial charge in [0.15, 0.2) is 0 Å². The number of hydrogen-bond donors (Lipinski definition) is 0. The second kappa shape index (κ2) is 5.60. The van der Waals surface area contributed by atoms with Gasteiger partial charge in [-0.25, -0.2) is 9.37 Å². The second-order valence-corrected chi connectivity index (χ2v) is 5.35. The molecule has 0 spiro atoms. The van der Waals surface area contributed by atoms with E-state index >= 15 is 0 Å². The standard InChI is InChI=1S/C17H16FN3O/c1-12-7-8-21-11-15(19-16(21)9-12)17(22)20(2)10-13-5-3-4-6-14(13)18/h3-9,11H,10H2,1-2H3. The van der Waals surface area contributed by atoms with Gasteiger partial charge >= 0.3 is 0 Å². The molecule has 0 fully saturated rings. The Morgan fingerprint density at radius 2 is 2.09 bits per heavy atom. The Kier molecular flexibility index (Phi) is 3.63.